The second kappa shape index (κ2) is 31.4. The number of rotatable bonds is 15. The van der Waals surface area contributed by atoms with Crippen LogP contribution in [0.15, 0.2) is 168 Å². The minimum atomic E-state index is -0.400. The number of benzene rings is 6. The van der Waals surface area contributed by atoms with E-state index in [1.807, 2.05) is 60.7 Å². The summed E-state index contributed by atoms with van der Waals surface area (Å²) >= 11 is 10.1. The van der Waals surface area contributed by atoms with Gasteiger partial charge in [-0.05, 0) is 140 Å². The molecule has 3 aromatic heterocycles. The molecule has 15 nitrogen and oxygen atoms in total. The second-order valence-corrected chi connectivity index (χ2v) is 18.7. The van der Waals surface area contributed by atoms with Gasteiger partial charge in [0.2, 0.25) is 0 Å². The molecule has 400 valence electrons. The van der Waals surface area contributed by atoms with Crippen molar-refractivity contribution >= 4 is 83.7 Å². The molecule has 0 atom stereocenters. The van der Waals surface area contributed by atoms with Crippen LogP contribution in [0.2, 0.25) is 0 Å². The van der Waals surface area contributed by atoms with Crippen LogP contribution in [0, 0.1) is 24.0 Å². The Kier molecular flexibility index (Phi) is 25.0. The van der Waals surface area contributed by atoms with Crippen molar-refractivity contribution in [1.82, 2.24) is 24.3 Å². The van der Waals surface area contributed by atoms with E-state index < -0.39 is 11.6 Å². The molecule has 3 heterocycles. The SMILES string of the molecule is C#Cc1ccc(Br)cc1.COC(=O)CCCCc1nc2cc(-c3cc(-c4ccc(Br)cc4)on3)ccc2c(=O)n1-c1ccc(F)cc1.COC(=O)CCCCc1nc2cc(/C=N/O)ccc2c(=O)n1-c1ccc(F)cc1.[Na+].[O-]Cl. The number of hydrogen-bond acceptors (Lipinski definition) is 13. The van der Waals surface area contributed by atoms with Crippen LogP contribution in [0.4, 0.5) is 8.78 Å². The van der Waals surface area contributed by atoms with Gasteiger partial charge in [-0.15, -0.1) is 6.42 Å². The third kappa shape index (κ3) is 17.4. The van der Waals surface area contributed by atoms with Crippen LogP contribution in [-0.2, 0) is 31.9 Å². The van der Waals surface area contributed by atoms with E-state index in [9.17, 15) is 28.0 Å². The summed E-state index contributed by atoms with van der Waals surface area (Å²) in [6.07, 6.45) is 10.2. The van der Waals surface area contributed by atoms with Gasteiger partial charge in [-0.3, -0.25) is 28.3 Å². The molecule has 79 heavy (non-hydrogen) atoms. The number of nitrogens with zero attached hydrogens (tertiary/aromatic N) is 6. The molecule has 6 aromatic carbocycles. The van der Waals surface area contributed by atoms with E-state index in [2.05, 4.69) is 69.7 Å². The van der Waals surface area contributed by atoms with Crippen molar-refractivity contribution in [1.29, 1.82) is 0 Å². The Hall–Kier alpha value is -7.15. The van der Waals surface area contributed by atoms with Crippen LogP contribution in [0.5, 0.6) is 0 Å². The van der Waals surface area contributed by atoms with Crippen LogP contribution in [-0.4, -0.2) is 61.8 Å². The molecule has 0 saturated heterocycles. The predicted octanol–water partition coefficient (Wildman–Crippen LogP) is 8.65. The summed E-state index contributed by atoms with van der Waals surface area (Å²) in [6, 6.07) is 38.8. The van der Waals surface area contributed by atoms with Gasteiger partial charge in [0, 0.05) is 57.4 Å². The Morgan fingerprint density at radius 3 is 1.61 bits per heavy atom. The van der Waals surface area contributed by atoms with Gasteiger partial charge in [-0.2, -0.15) is 0 Å². The van der Waals surface area contributed by atoms with Gasteiger partial charge in [0.1, 0.15) is 29.0 Å². The number of halogens is 5. The number of carbonyl (C=O) groups excluding carboxylic acids is 2. The van der Waals surface area contributed by atoms with Crippen LogP contribution >= 0.6 is 43.7 Å². The van der Waals surface area contributed by atoms with Crippen LogP contribution in [0.3, 0.4) is 0 Å². The summed E-state index contributed by atoms with van der Waals surface area (Å²) in [4.78, 5) is 59.0. The molecule has 21 heteroatoms. The Morgan fingerprint density at radius 2 is 1.14 bits per heavy atom. The maximum absolute atomic E-state index is 13.6. The van der Waals surface area contributed by atoms with Gasteiger partial charge < -0.3 is 23.9 Å². The van der Waals surface area contributed by atoms with Crippen molar-refractivity contribution in [3.05, 3.63) is 204 Å². The Bertz CT molecular complexity index is 3690. The van der Waals surface area contributed by atoms with Gasteiger partial charge in [-0.25, -0.2) is 30.6 Å². The molecule has 0 bridgehead atoms. The fourth-order valence-electron chi connectivity index (χ4n) is 7.85. The molecule has 0 amide bonds. The number of aromatic nitrogens is 5. The average molecular weight is 1230 g/mol. The summed E-state index contributed by atoms with van der Waals surface area (Å²) in [5.74, 6) is 2.80. The standard InChI is InChI=1S/C29H23BrFN3O4.C21H20FN3O4.C8H5Br.ClO.Na/c1-37-28(35)5-3-2-4-27-32-25-16-19(24-17-26(38-33-24)18-6-9-20(30)10-7-18)8-15-23(25)29(36)34(27)22-13-11-21(31)12-14-22;1-29-20(26)5-3-2-4-19-24-18-12-14(13-23-28)6-11-17(18)21(27)25(19)16-9-7-15(22)8-10-16;1-2-7-3-5-8(9)6-4-7;1-2;/h6-17H,2-5H2,1H3;6-13,28H,2-5H2,1H3;1,3-6H;;/q;;;-1;+1/b;23-13+;;;. The van der Waals surface area contributed by atoms with E-state index in [1.165, 1.54) is 66.0 Å². The first-order valence-electron chi connectivity index (χ1n) is 23.8. The minimum Gasteiger partial charge on any atom is -0.769 e. The van der Waals surface area contributed by atoms with Crippen molar-refractivity contribution in [2.24, 2.45) is 5.16 Å². The minimum absolute atomic E-state index is 0. The summed E-state index contributed by atoms with van der Waals surface area (Å²) in [7, 11) is 2.69. The number of aryl methyl sites for hydroxylation is 2. The molecule has 9 aromatic rings. The zero-order valence-electron chi connectivity index (χ0n) is 42.9. The van der Waals surface area contributed by atoms with Gasteiger partial charge in [0.05, 0.1) is 53.6 Å². The Morgan fingerprint density at radius 1 is 0.684 bits per heavy atom. The second-order valence-electron chi connectivity index (χ2n) is 16.8. The quantitative estimate of drug-likeness (QED) is 0.0195. The molecule has 0 radical (unpaired) electrons. The summed E-state index contributed by atoms with van der Waals surface area (Å²) in [6.45, 7) is 0. The number of unbranched alkanes of at least 4 members (excludes halogenated alkanes) is 2. The average Bonchev–Trinajstić information content (AvgIpc) is 3.98. The maximum atomic E-state index is 13.6. The van der Waals surface area contributed by atoms with Crippen LogP contribution < -0.4 is 45.3 Å². The fraction of sp³-hybridized carbons (Fsp3) is 0.172. The molecule has 1 N–H and O–H groups in total. The first kappa shape index (κ1) is 62.7. The third-order valence-corrected chi connectivity index (χ3v) is 12.8. The normalized spacial score (nSPS) is 10.5. The van der Waals surface area contributed by atoms with Crippen molar-refractivity contribution < 1.29 is 71.8 Å². The van der Waals surface area contributed by atoms with E-state index in [-0.39, 0.29) is 65.5 Å². The van der Waals surface area contributed by atoms with Crippen molar-refractivity contribution in [3.63, 3.8) is 0 Å². The van der Waals surface area contributed by atoms with Gasteiger partial charge in [0.15, 0.2) is 5.76 Å². The van der Waals surface area contributed by atoms with Crippen LogP contribution in [0.1, 0.15) is 61.3 Å². The molecule has 9 rings (SSSR count). The van der Waals surface area contributed by atoms with E-state index in [0.29, 0.717) is 100 Å². The molecule has 0 aliphatic carbocycles. The molecular formula is C58H48Br2ClF2N6NaO9. The van der Waals surface area contributed by atoms with Crippen molar-refractivity contribution in [2.45, 2.75) is 51.4 Å². The Balaban J connectivity index is 0.000000247. The zero-order valence-corrected chi connectivity index (χ0v) is 48.8. The van der Waals surface area contributed by atoms with Crippen LogP contribution in [0.25, 0.3) is 55.8 Å². The number of methoxy groups -OCH3 is 2. The molecule has 0 spiro atoms. The fourth-order valence-corrected chi connectivity index (χ4v) is 8.38. The van der Waals surface area contributed by atoms with Crippen molar-refractivity contribution in [3.8, 4) is 46.3 Å². The number of carbonyl (C=O) groups is 2. The number of terminal acetylenes is 1. The topological polar surface area (TPSA) is 204 Å². The molecule has 0 fully saturated rings. The first-order chi connectivity index (χ1) is 37.8. The van der Waals surface area contributed by atoms with E-state index >= 15 is 0 Å². The number of hydrogen-bond donors (Lipinski definition) is 1. The molecule has 0 aliphatic rings. The van der Waals surface area contributed by atoms with Gasteiger partial charge in [0.25, 0.3) is 11.1 Å². The van der Waals surface area contributed by atoms with Crippen molar-refractivity contribution in [2.75, 3.05) is 14.2 Å². The third-order valence-electron chi connectivity index (χ3n) is 11.7. The van der Waals surface area contributed by atoms with E-state index in [4.69, 9.17) is 30.5 Å². The van der Waals surface area contributed by atoms with E-state index in [0.717, 1.165) is 25.6 Å². The maximum Gasteiger partial charge on any atom is 1.00 e. The Labute approximate surface area is 496 Å². The molecule has 0 unspecified atom stereocenters. The summed E-state index contributed by atoms with van der Waals surface area (Å²) in [5, 5.41) is 16.8. The van der Waals surface area contributed by atoms with Gasteiger partial charge >= 0.3 is 41.5 Å². The monoisotopic (exact) mass is 1230 g/mol. The molecule has 0 saturated carbocycles. The molecular weight excluding hydrogens is 1180 g/mol. The smallest absolute Gasteiger partial charge is 0.769 e. The number of esters is 2. The number of oxime groups is 1. The first-order valence-corrected chi connectivity index (χ1v) is 25.7. The number of fused-ring (bicyclic) bond motifs is 2. The van der Waals surface area contributed by atoms with Gasteiger partial charge in [-0.1, -0.05) is 72.4 Å². The number of ether oxygens (including phenoxy) is 2. The van der Waals surface area contributed by atoms with E-state index in [1.54, 1.807) is 42.5 Å². The summed E-state index contributed by atoms with van der Waals surface area (Å²) < 4.78 is 54.6. The molecule has 0 aliphatic heterocycles. The zero-order chi connectivity index (χ0) is 56.1. The largest absolute Gasteiger partial charge is 1.00 e. The summed E-state index contributed by atoms with van der Waals surface area (Å²) in [5.41, 5.74) is 5.26. The predicted molar refractivity (Wildman–Crippen MR) is 300 cm³/mol.